The third-order valence-corrected chi connectivity index (χ3v) is 3.80. The molecular formula is C11H17N3O3. The van der Waals surface area contributed by atoms with E-state index in [1.807, 2.05) is 0 Å². The van der Waals surface area contributed by atoms with Crippen LogP contribution >= 0.6 is 0 Å². The number of carbonyl (C=O) groups is 3. The van der Waals surface area contributed by atoms with E-state index >= 15 is 0 Å². The van der Waals surface area contributed by atoms with Crippen LogP contribution in [-0.2, 0) is 9.59 Å². The second-order valence-electron chi connectivity index (χ2n) is 4.79. The molecule has 2 N–H and O–H groups in total. The van der Waals surface area contributed by atoms with Gasteiger partial charge in [-0.25, -0.2) is 4.79 Å². The summed E-state index contributed by atoms with van der Waals surface area (Å²) in [6.45, 7) is -0.316. The van der Waals surface area contributed by atoms with Crippen molar-refractivity contribution in [2.24, 2.45) is 5.73 Å². The quantitative estimate of drug-likeness (QED) is 0.692. The van der Waals surface area contributed by atoms with Gasteiger partial charge in [0.25, 0.3) is 5.91 Å². The minimum absolute atomic E-state index is 0.261. The molecule has 0 aromatic carbocycles. The van der Waals surface area contributed by atoms with Crippen molar-refractivity contribution in [1.82, 2.24) is 9.80 Å². The molecule has 0 radical (unpaired) electrons. The largest absolute Gasteiger partial charge is 0.368 e. The zero-order valence-electron chi connectivity index (χ0n) is 9.94. The average Bonchev–Trinajstić information content (AvgIpc) is 2.47. The van der Waals surface area contributed by atoms with Crippen LogP contribution in [0, 0.1) is 0 Å². The van der Waals surface area contributed by atoms with E-state index in [4.69, 9.17) is 5.73 Å². The summed E-state index contributed by atoms with van der Waals surface area (Å²) in [4.78, 5) is 37.6. The van der Waals surface area contributed by atoms with Gasteiger partial charge in [-0.1, -0.05) is 19.3 Å². The molecule has 0 aromatic heterocycles. The van der Waals surface area contributed by atoms with E-state index in [0.29, 0.717) is 12.8 Å². The molecule has 2 fully saturated rings. The number of imide groups is 1. The van der Waals surface area contributed by atoms with E-state index in [1.165, 1.54) is 4.90 Å². The zero-order valence-corrected chi connectivity index (χ0v) is 9.94. The van der Waals surface area contributed by atoms with E-state index in [-0.39, 0.29) is 12.5 Å². The summed E-state index contributed by atoms with van der Waals surface area (Å²) in [6, 6.07) is -0.407. The Hall–Kier alpha value is -1.59. The molecular weight excluding hydrogens is 222 g/mol. The Labute approximate surface area is 99.7 Å². The molecule has 1 aliphatic heterocycles. The second-order valence-corrected chi connectivity index (χ2v) is 4.79. The van der Waals surface area contributed by atoms with E-state index in [1.54, 1.807) is 7.05 Å². The van der Waals surface area contributed by atoms with Crippen LogP contribution in [0.15, 0.2) is 0 Å². The summed E-state index contributed by atoms with van der Waals surface area (Å²) in [6.07, 6.45) is 4.33. The summed E-state index contributed by atoms with van der Waals surface area (Å²) >= 11 is 0. The molecule has 0 atom stereocenters. The van der Waals surface area contributed by atoms with Crippen LogP contribution in [0.4, 0.5) is 4.79 Å². The Kier molecular flexibility index (Phi) is 2.81. The Bertz CT molecular complexity index is 374. The molecule has 0 unspecified atom stereocenters. The topological polar surface area (TPSA) is 83.7 Å². The SMILES string of the molecule is CN1C(=O)N(CC(N)=O)C(=O)C12CCCCC2. The van der Waals surface area contributed by atoms with Crippen LogP contribution in [0.25, 0.3) is 0 Å². The number of nitrogens with zero attached hydrogens (tertiary/aromatic N) is 2. The van der Waals surface area contributed by atoms with Crippen molar-refractivity contribution in [3.05, 3.63) is 0 Å². The second kappa shape index (κ2) is 4.01. The number of primary amides is 1. The lowest BCUT2D eigenvalue weighted by molar-refractivity contribution is -0.136. The van der Waals surface area contributed by atoms with Gasteiger partial charge in [-0.15, -0.1) is 0 Å². The monoisotopic (exact) mass is 239 g/mol. The van der Waals surface area contributed by atoms with Crippen molar-refractivity contribution in [2.45, 2.75) is 37.6 Å². The van der Waals surface area contributed by atoms with Crippen molar-refractivity contribution in [2.75, 3.05) is 13.6 Å². The van der Waals surface area contributed by atoms with Gasteiger partial charge in [-0.2, -0.15) is 0 Å². The van der Waals surface area contributed by atoms with Crippen molar-refractivity contribution >= 4 is 17.8 Å². The third-order valence-electron chi connectivity index (χ3n) is 3.80. The standard InChI is InChI=1S/C11H17N3O3/c1-13-10(17)14(7-8(12)15)9(16)11(13)5-3-2-4-6-11/h2-7H2,1H3,(H2,12,15). The van der Waals surface area contributed by atoms with Crippen LogP contribution in [0.5, 0.6) is 0 Å². The highest BCUT2D eigenvalue weighted by molar-refractivity contribution is 6.08. The molecule has 2 aliphatic rings. The highest BCUT2D eigenvalue weighted by Crippen LogP contribution is 2.39. The number of hydrogen-bond donors (Lipinski definition) is 1. The number of urea groups is 1. The van der Waals surface area contributed by atoms with Gasteiger partial charge in [0.1, 0.15) is 12.1 Å². The summed E-state index contributed by atoms with van der Waals surface area (Å²) in [5.41, 5.74) is 4.34. The number of likely N-dealkylation sites (N-methyl/N-ethyl adjacent to an activating group) is 1. The predicted octanol–water partition coefficient (Wildman–Crippen LogP) is 0.0686. The van der Waals surface area contributed by atoms with Gasteiger partial charge in [0, 0.05) is 7.05 Å². The molecule has 1 spiro atoms. The highest BCUT2D eigenvalue weighted by Gasteiger charge is 2.55. The zero-order chi connectivity index (χ0) is 12.6. The maximum atomic E-state index is 12.3. The van der Waals surface area contributed by atoms with Gasteiger partial charge >= 0.3 is 6.03 Å². The molecule has 2 rings (SSSR count). The summed E-state index contributed by atoms with van der Waals surface area (Å²) < 4.78 is 0. The lowest BCUT2D eigenvalue weighted by atomic mass is 9.81. The van der Waals surface area contributed by atoms with E-state index < -0.39 is 17.5 Å². The van der Waals surface area contributed by atoms with Crippen LogP contribution < -0.4 is 5.73 Å². The highest BCUT2D eigenvalue weighted by atomic mass is 16.2. The van der Waals surface area contributed by atoms with E-state index in [0.717, 1.165) is 24.2 Å². The third kappa shape index (κ3) is 1.67. The van der Waals surface area contributed by atoms with Crippen molar-refractivity contribution in [3.8, 4) is 0 Å². The van der Waals surface area contributed by atoms with E-state index in [9.17, 15) is 14.4 Å². The fraction of sp³-hybridized carbons (Fsp3) is 0.727. The average molecular weight is 239 g/mol. The first kappa shape index (κ1) is 11.9. The Balaban J connectivity index is 2.27. The van der Waals surface area contributed by atoms with E-state index in [2.05, 4.69) is 0 Å². The van der Waals surface area contributed by atoms with Gasteiger partial charge in [-0.05, 0) is 12.8 Å². The number of rotatable bonds is 2. The van der Waals surface area contributed by atoms with Crippen LogP contribution in [0.2, 0.25) is 0 Å². The summed E-state index contributed by atoms with van der Waals surface area (Å²) in [7, 11) is 1.63. The molecule has 1 heterocycles. The smallest absolute Gasteiger partial charge is 0.327 e. The first-order valence-electron chi connectivity index (χ1n) is 5.87. The number of nitrogens with two attached hydrogens (primary N) is 1. The molecule has 1 saturated heterocycles. The fourth-order valence-corrected chi connectivity index (χ4v) is 2.83. The number of amides is 4. The number of carbonyl (C=O) groups excluding carboxylic acids is 3. The first-order valence-corrected chi connectivity index (χ1v) is 5.87. The van der Waals surface area contributed by atoms with Gasteiger partial charge in [0.2, 0.25) is 5.91 Å². The Morgan fingerprint density at radius 2 is 1.88 bits per heavy atom. The van der Waals surface area contributed by atoms with Crippen molar-refractivity contribution in [1.29, 1.82) is 0 Å². The summed E-state index contributed by atoms with van der Waals surface area (Å²) in [5, 5.41) is 0. The van der Waals surface area contributed by atoms with Gasteiger partial charge < -0.3 is 10.6 Å². The fourth-order valence-electron chi connectivity index (χ4n) is 2.83. The molecule has 0 bridgehead atoms. The molecule has 0 aromatic rings. The minimum Gasteiger partial charge on any atom is -0.368 e. The molecule has 17 heavy (non-hydrogen) atoms. The molecule has 6 heteroatoms. The van der Waals surface area contributed by atoms with Crippen molar-refractivity contribution in [3.63, 3.8) is 0 Å². The van der Waals surface area contributed by atoms with Gasteiger partial charge in [0.15, 0.2) is 0 Å². The maximum absolute atomic E-state index is 12.3. The minimum atomic E-state index is -0.717. The predicted molar refractivity (Wildman–Crippen MR) is 59.9 cm³/mol. The lowest BCUT2D eigenvalue weighted by Crippen LogP contribution is -2.49. The molecule has 4 amide bonds. The molecule has 94 valence electrons. The number of hydrogen-bond acceptors (Lipinski definition) is 3. The van der Waals surface area contributed by atoms with Crippen LogP contribution in [-0.4, -0.2) is 46.8 Å². The lowest BCUT2D eigenvalue weighted by Gasteiger charge is -2.35. The summed E-state index contributed by atoms with van der Waals surface area (Å²) in [5.74, 6) is -0.920. The van der Waals surface area contributed by atoms with Crippen LogP contribution in [0.1, 0.15) is 32.1 Å². The van der Waals surface area contributed by atoms with Crippen LogP contribution in [0.3, 0.4) is 0 Å². The Morgan fingerprint density at radius 1 is 1.29 bits per heavy atom. The molecule has 1 saturated carbocycles. The van der Waals surface area contributed by atoms with Gasteiger partial charge in [-0.3, -0.25) is 14.5 Å². The maximum Gasteiger partial charge on any atom is 0.327 e. The Morgan fingerprint density at radius 3 is 2.41 bits per heavy atom. The molecule has 6 nitrogen and oxygen atoms in total. The van der Waals surface area contributed by atoms with Gasteiger partial charge in [0.05, 0.1) is 0 Å². The first-order chi connectivity index (χ1) is 7.99. The van der Waals surface area contributed by atoms with Crippen molar-refractivity contribution < 1.29 is 14.4 Å². The molecule has 1 aliphatic carbocycles. The normalized spacial score (nSPS) is 23.6.